The molecule has 0 spiro atoms. The van der Waals surface area contributed by atoms with Gasteiger partial charge in [-0.3, -0.25) is 14.8 Å². The van der Waals surface area contributed by atoms with Gasteiger partial charge in [0, 0.05) is 25.3 Å². The zero-order valence-corrected chi connectivity index (χ0v) is 12.6. The minimum absolute atomic E-state index is 0.401. The molecule has 4 nitrogen and oxygen atoms in total. The van der Waals surface area contributed by atoms with Crippen LogP contribution in [0.4, 0.5) is 0 Å². The van der Waals surface area contributed by atoms with Gasteiger partial charge >= 0.3 is 0 Å². The van der Waals surface area contributed by atoms with Crippen LogP contribution in [0.1, 0.15) is 30.5 Å². The van der Waals surface area contributed by atoms with Crippen molar-refractivity contribution in [2.45, 2.75) is 31.8 Å². The normalized spacial score (nSPS) is 24.3. The van der Waals surface area contributed by atoms with Gasteiger partial charge in [0.15, 0.2) is 0 Å². The number of rotatable bonds is 3. The van der Waals surface area contributed by atoms with Gasteiger partial charge in [0.1, 0.15) is 10.7 Å². The minimum atomic E-state index is 0.401. The van der Waals surface area contributed by atoms with E-state index in [0.717, 1.165) is 36.9 Å². The molecule has 2 saturated heterocycles. The molecular weight excluding hydrogens is 268 g/mol. The Balaban J connectivity index is 1.72. The van der Waals surface area contributed by atoms with E-state index in [-0.39, 0.29) is 0 Å². The molecule has 0 bridgehead atoms. The van der Waals surface area contributed by atoms with E-state index in [1.807, 2.05) is 6.07 Å². The van der Waals surface area contributed by atoms with Crippen LogP contribution >= 0.6 is 12.2 Å². The van der Waals surface area contributed by atoms with Crippen LogP contribution in [0.2, 0.25) is 0 Å². The number of nitrogens with two attached hydrogens (primary N) is 1. The average Bonchev–Trinajstić information content (AvgIpc) is 2.78. The molecule has 0 aliphatic carbocycles. The number of pyridine rings is 1. The predicted octanol–water partition coefficient (Wildman–Crippen LogP) is 1.39. The first-order chi connectivity index (χ1) is 9.74. The average molecular weight is 290 g/mol. The van der Waals surface area contributed by atoms with Gasteiger partial charge in [-0.25, -0.2) is 0 Å². The van der Waals surface area contributed by atoms with Gasteiger partial charge in [-0.2, -0.15) is 0 Å². The molecule has 0 radical (unpaired) electrons. The van der Waals surface area contributed by atoms with Crippen LogP contribution in [-0.2, 0) is 6.54 Å². The highest BCUT2D eigenvalue weighted by molar-refractivity contribution is 7.80. The fourth-order valence-corrected chi connectivity index (χ4v) is 3.64. The number of thiocarbonyl (C=S) groups is 1. The minimum Gasteiger partial charge on any atom is -0.388 e. The summed E-state index contributed by atoms with van der Waals surface area (Å²) in [6.07, 6.45) is 5.70. The van der Waals surface area contributed by atoms with Crippen LogP contribution in [0.25, 0.3) is 0 Å². The third-order valence-corrected chi connectivity index (χ3v) is 4.60. The Morgan fingerprint density at radius 1 is 1.35 bits per heavy atom. The molecule has 2 aliphatic rings. The van der Waals surface area contributed by atoms with Crippen molar-refractivity contribution in [3.05, 3.63) is 29.6 Å². The monoisotopic (exact) mass is 290 g/mol. The number of nitrogens with zero attached hydrogens (tertiary/aromatic N) is 3. The highest BCUT2D eigenvalue weighted by Crippen LogP contribution is 2.22. The second kappa shape index (κ2) is 6.16. The lowest BCUT2D eigenvalue weighted by Gasteiger charge is -2.26. The quantitative estimate of drug-likeness (QED) is 0.852. The summed E-state index contributed by atoms with van der Waals surface area (Å²) < 4.78 is 0. The Labute approximate surface area is 126 Å². The van der Waals surface area contributed by atoms with E-state index in [1.54, 1.807) is 6.20 Å². The molecule has 20 heavy (non-hydrogen) atoms. The van der Waals surface area contributed by atoms with E-state index in [9.17, 15) is 0 Å². The van der Waals surface area contributed by atoms with E-state index in [1.165, 1.54) is 32.4 Å². The van der Waals surface area contributed by atoms with E-state index >= 15 is 0 Å². The zero-order chi connectivity index (χ0) is 13.9. The first kappa shape index (κ1) is 13.9. The summed E-state index contributed by atoms with van der Waals surface area (Å²) in [4.78, 5) is 9.92. The van der Waals surface area contributed by atoms with Crippen molar-refractivity contribution in [3.8, 4) is 0 Å². The largest absolute Gasteiger partial charge is 0.388 e. The van der Waals surface area contributed by atoms with Crippen LogP contribution in [-0.4, -0.2) is 52.0 Å². The molecule has 1 aromatic rings. The topological polar surface area (TPSA) is 45.4 Å². The summed E-state index contributed by atoms with van der Waals surface area (Å²) in [5.74, 6) is 0. The molecule has 0 amide bonds. The molecule has 2 fully saturated rings. The highest BCUT2D eigenvalue weighted by atomic mass is 32.1. The highest BCUT2D eigenvalue weighted by Gasteiger charge is 2.28. The van der Waals surface area contributed by atoms with Crippen LogP contribution < -0.4 is 5.73 Å². The van der Waals surface area contributed by atoms with Gasteiger partial charge in [0.25, 0.3) is 0 Å². The van der Waals surface area contributed by atoms with Crippen molar-refractivity contribution >= 4 is 17.2 Å². The molecule has 1 unspecified atom stereocenters. The van der Waals surface area contributed by atoms with Crippen molar-refractivity contribution in [2.75, 3.05) is 26.2 Å². The maximum absolute atomic E-state index is 5.78. The number of hydrogen-bond donors (Lipinski definition) is 1. The second-order valence-electron chi connectivity index (χ2n) is 5.80. The molecule has 0 saturated carbocycles. The SMILES string of the molecule is NC(=S)c1ncccc1CN1CCCN2CCCC2C1. The molecule has 1 aromatic heterocycles. The molecule has 2 aliphatic heterocycles. The number of hydrogen-bond acceptors (Lipinski definition) is 4. The van der Waals surface area contributed by atoms with Crippen LogP contribution in [0.15, 0.2) is 18.3 Å². The Bertz CT molecular complexity index is 491. The van der Waals surface area contributed by atoms with Crippen molar-refractivity contribution in [2.24, 2.45) is 5.73 Å². The lowest BCUT2D eigenvalue weighted by Crippen LogP contribution is -2.36. The van der Waals surface area contributed by atoms with Gasteiger partial charge < -0.3 is 5.73 Å². The summed E-state index contributed by atoms with van der Waals surface area (Å²) in [5.41, 5.74) is 7.72. The van der Waals surface area contributed by atoms with Gasteiger partial charge in [-0.15, -0.1) is 0 Å². The van der Waals surface area contributed by atoms with E-state index in [4.69, 9.17) is 18.0 Å². The Morgan fingerprint density at radius 3 is 3.05 bits per heavy atom. The molecule has 3 heterocycles. The standard InChI is InChI=1S/C15H22N4S/c16-15(20)14-12(4-1-6-17-14)10-18-7-3-9-19-8-2-5-13(19)11-18/h1,4,6,13H,2-3,5,7-11H2,(H2,16,20). The fraction of sp³-hybridized carbons (Fsp3) is 0.600. The lowest BCUT2D eigenvalue weighted by atomic mass is 10.1. The maximum atomic E-state index is 5.78. The molecule has 2 N–H and O–H groups in total. The third kappa shape index (κ3) is 3.00. The Hall–Kier alpha value is -1.04. The number of fused-ring (bicyclic) bond motifs is 1. The molecule has 5 heteroatoms. The van der Waals surface area contributed by atoms with E-state index in [0.29, 0.717) is 4.99 Å². The zero-order valence-electron chi connectivity index (χ0n) is 11.8. The summed E-state index contributed by atoms with van der Waals surface area (Å²) >= 11 is 5.11. The third-order valence-electron chi connectivity index (χ3n) is 4.41. The van der Waals surface area contributed by atoms with Gasteiger partial charge in [0.05, 0.1) is 0 Å². The maximum Gasteiger partial charge on any atom is 0.123 e. The second-order valence-corrected chi connectivity index (χ2v) is 6.24. The van der Waals surface area contributed by atoms with E-state index in [2.05, 4.69) is 20.9 Å². The summed E-state index contributed by atoms with van der Waals surface area (Å²) in [5, 5.41) is 0. The van der Waals surface area contributed by atoms with Crippen LogP contribution in [0, 0.1) is 0 Å². The van der Waals surface area contributed by atoms with Crippen molar-refractivity contribution in [3.63, 3.8) is 0 Å². The Kier molecular flexibility index (Phi) is 4.29. The first-order valence-corrected chi connectivity index (χ1v) is 7.85. The molecule has 0 aromatic carbocycles. The van der Waals surface area contributed by atoms with Crippen LogP contribution in [0.3, 0.4) is 0 Å². The van der Waals surface area contributed by atoms with Crippen molar-refractivity contribution in [1.29, 1.82) is 0 Å². The number of aromatic nitrogens is 1. The molecular formula is C15H22N4S. The van der Waals surface area contributed by atoms with E-state index < -0.39 is 0 Å². The predicted molar refractivity (Wildman–Crippen MR) is 84.6 cm³/mol. The van der Waals surface area contributed by atoms with Crippen molar-refractivity contribution in [1.82, 2.24) is 14.8 Å². The molecule has 3 rings (SSSR count). The van der Waals surface area contributed by atoms with Crippen LogP contribution in [0.5, 0.6) is 0 Å². The molecule has 1 atom stereocenters. The fourth-order valence-electron chi connectivity index (χ4n) is 3.46. The smallest absolute Gasteiger partial charge is 0.123 e. The van der Waals surface area contributed by atoms with Gasteiger partial charge in [-0.05, 0) is 50.5 Å². The summed E-state index contributed by atoms with van der Waals surface area (Å²) in [6, 6.07) is 4.80. The van der Waals surface area contributed by atoms with Crippen molar-refractivity contribution < 1.29 is 0 Å². The first-order valence-electron chi connectivity index (χ1n) is 7.44. The Morgan fingerprint density at radius 2 is 2.20 bits per heavy atom. The van der Waals surface area contributed by atoms with Gasteiger partial charge in [-0.1, -0.05) is 18.3 Å². The summed E-state index contributed by atoms with van der Waals surface area (Å²) in [6.45, 7) is 5.75. The summed E-state index contributed by atoms with van der Waals surface area (Å²) in [7, 11) is 0. The lowest BCUT2D eigenvalue weighted by molar-refractivity contribution is 0.215. The van der Waals surface area contributed by atoms with Gasteiger partial charge in [0.2, 0.25) is 0 Å². The molecule has 108 valence electrons.